The highest BCUT2D eigenvalue weighted by Gasteiger charge is 2.32. The molecular weight excluding hydrogens is 494 g/mol. The van der Waals surface area contributed by atoms with Gasteiger partial charge in [-0.05, 0) is 65.4 Å². The van der Waals surface area contributed by atoms with Gasteiger partial charge in [0.15, 0.2) is 11.6 Å². The van der Waals surface area contributed by atoms with Crippen molar-refractivity contribution < 1.29 is 9.59 Å². The Morgan fingerprint density at radius 2 is 1.08 bits per heavy atom. The minimum absolute atomic E-state index is 0.189. The van der Waals surface area contributed by atoms with Crippen LogP contribution in [0.25, 0.3) is 26.2 Å². The number of Topliss-reactive ketones (excluding diaryl/α,β-unsaturated/α-hetero) is 2. The molecule has 0 fully saturated rings. The number of fused-ring (bicyclic) bond motifs is 3. The van der Waals surface area contributed by atoms with Gasteiger partial charge in [-0.15, -0.1) is 22.7 Å². The van der Waals surface area contributed by atoms with Crippen molar-refractivity contribution in [3.05, 3.63) is 131 Å². The Kier molecular flexibility index (Phi) is 5.13. The second kappa shape index (κ2) is 8.66. The summed E-state index contributed by atoms with van der Waals surface area (Å²) in [4.78, 5) is 28.8. The molecule has 3 nitrogen and oxygen atoms in total. The maximum Gasteiger partial charge on any atom is 0.197 e. The highest BCUT2D eigenvalue weighted by Crippen LogP contribution is 2.43. The molecule has 1 aliphatic carbocycles. The number of rotatable bonds is 4. The zero-order valence-corrected chi connectivity index (χ0v) is 21.2. The van der Waals surface area contributed by atoms with Gasteiger partial charge in [0.25, 0.3) is 0 Å². The molecule has 0 atom stereocenters. The van der Waals surface area contributed by atoms with E-state index in [2.05, 4.69) is 77.7 Å². The third kappa shape index (κ3) is 3.71. The maximum atomic E-state index is 12.8. The van der Waals surface area contributed by atoms with Gasteiger partial charge in [-0.1, -0.05) is 60.7 Å². The van der Waals surface area contributed by atoms with Crippen LogP contribution in [0.15, 0.2) is 115 Å². The molecule has 0 saturated heterocycles. The lowest BCUT2D eigenvalue weighted by Crippen LogP contribution is -2.07. The number of nitrogens with zero attached hydrogens (tertiary/aromatic N) is 1. The minimum atomic E-state index is -0.189. The lowest BCUT2D eigenvalue weighted by molar-refractivity contribution is 0.0990. The van der Waals surface area contributed by atoms with E-state index in [9.17, 15) is 9.59 Å². The highest BCUT2D eigenvalue weighted by atomic mass is 32.1. The van der Waals surface area contributed by atoms with Crippen LogP contribution in [0.1, 0.15) is 25.6 Å². The summed E-state index contributed by atoms with van der Waals surface area (Å²) >= 11 is 3.35. The molecule has 37 heavy (non-hydrogen) atoms. The van der Waals surface area contributed by atoms with Crippen LogP contribution in [0.2, 0.25) is 0 Å². The van der Waals surface area contributed by atoms with E-state index in [4.69, 9.17) is 0 Å². The van der Waals surface area contributed by atoms with Crippen LogP contribution in [0.5, 0.6) is 0 Å². The number of ketones is 2. The quantitative estimate of drug-likeness (QED) is 0.174. The summed E-state index contributed by atoms with van der Waals surface area (Å²) in [6.07, 6.45) is 1.75. The fourth-order valence-corrected chi connectivity index (χ4v) is 7.04. The smallest absolute Gasteiger partial charge is 0.197 e. The van der Waals surface area contributed by atoms with Crippen molar-refractivity contribution in [2.75, 3.05) is 4.90 Å². The van der Waals surface area contributed by atoms with Gasteiger partial charge in [0.2, 0.25) is 0 Å². The summed E-state index contributed by atoms with van der Waals surface area (Å²) in [7, 11) is 0. The Hall–Kier alpha value is -4.32. The molecule has 0 radical (unpaired) electrons. The van der Waals surface area contributed by atoms with Crippen molar-refractivity contribution in [3.63, 3.8) is 0 Å². The van der Waals surface area contributed by atoms with Crippen LogP contribution in [0.4, 0.5) is 16.4 Å². The lowest BCUT2D eigenvalue weighted by Gasteiger charge is -2.23. The molecule has 176 valence electrons. The Labute approximate surface area is 221 Å². The molecule has 0 N–H and O–H groups in total. The Bertz CT molecular complexity index is 1740. The van der Waals surface area contributed by atoms with Crippen molar-refractivity contribution in [3.8, 4) is 0 Å². The van der Waals surface area contributed by atoms with Gasteiger partial charge in [0.05, 0.1) is 5.57 Å². The topological polar surface area (TPSA) is 37.4 Å². The van der Waals surface area contributed by atoms with Gasteiger partial charge in [-0.2, -0.15) is 0 Å². The number of para-hydroxylation sites is 2. The van der Waals surface area contributed by atoms with Crippen LogP contribution in [-0.2, 0) is 0 Å². The summed E-state index contributed by atoms with van der Waals surface area (Å²) in [5.74, 6) is -0.379. The molecule has 0 amide bonds. The van der Waals surface area contributed by atoms with E-state index in [1.54, 1.807) is 53.0 Å². The zero-order valence-electron chi connectivity index (χ0n) is 19.5. The van der Waals surface area contributed by atoms with Crippen molar-refractivity contribution >= 4 is 76.9 Å². The van der Waals surface area contributed by atoms with Crippen molar-refractivity contribution in [1.29, 1.82) is 0 Å². The van der Waals surface area contributed by atoms with E-state index in [1.165, 1.54) is 10.1 Å². The molecule has 2 aromatic heterocycles. The van der Waals surface area contributed by atoms with E-state index in [0.29, 0.717) is 11.1 Å². The molecule has 5 heteroatoms. The molecular formula is C32H19NO2S2. The molecule has 0 bridgehead atoms. The fraction of sp³-hybridized carbons (Fsp3) is 0. The molecule has 0 unspecified atom stereocenters. The molecule has 7 rings (SSSR count). The maximum absolute atomic E-state index is 12.8. The minimum Gasteiger partial charge on any atom is -0.302 e. The number of allylic oxidation sites excluding steroid dienone is 1. The Balaban J connectivity index is 1.29. The third-order valence-electron chi connectivity index (χ3n) is 6.60. The average Bonchev–Trinajstić information content (AvgIpc) is 3.59. The van der Waals surface area contributed by atoms with Crippen molar-refractivity contribution in [2.45, 2.75) is 0 Å². The van der Waals surface area contributed by atoms with E-state index in [-0.39, 0.29) is 17.1 Å². The number of anilines is 3. The first kappa shape index (κ1) is 21.9. The van der Waals surface area contributed by atoms with Gasteiger partial charge >= 0.3 is 0 Å². The first-order valence-electron chi connectivity index (χ1n) is 11.9. The molecule has 0 saturated carbocycles. The zero-order chi connectivity index (χ0) is 24.9. The van der Waals surface area contributed by atoms with Gasteiger partial charge in [0.1, 0.15) is 5.00 Å². The Morgan fingerprint density at radius 1 is 0.568 bits per heavy atom. The highest BCUT2D eigenvalue weighted by molar-refractivity contribution is 7.23. The normalized spacial score (nSPS) is 12.9. The van der Waals surface area contributed by atoms with E-state index in [0.717, 1.165) is 31.3 Å². The number of carbonyl (C=O) groups is 2. The van der Waals surface area contributed by atoms with E-state index < -0.39 is 0 Å². The number of benzene rings is 4. The summed E-state index contributed by atoms with van der Waals surface area (Å²) in [5.41, 5.74) is 3.47. The first-order chi connectivity index (χ1) is 18.2. The van der Waals surface area contributed by atoms with Gasteiger partial charge in [0, 0.05) is 36.8 Å². The van der Waals surface area contributed by atoms with E-state index in [1.807, 2.05) is 12.1 Å². The largest absolute Gasteiger partial charge is 0.302 e. The molecule has 0 spiro atoms. The monoisotopic (exact) mass is 513 g/mol. The van der Waals surface area contributed by atoms with Gasteiger partial charge in [-0.3, -0.25) is 9.59 Å². The summed E-state index contributed by atoms with van der Waals surface area (Å²) in [6, 6.07) is 36.6. The van der Waals surface area contributed by atoms with Crippen molar-refractivity contribution in [1.82, 2.24) is 0 Å². The number of hydrogen-bond donors (Lipinski definition) is 0. The fourth-order valence-electron chi connectivity index (χ4n) is 4.86. The second-order valence-corrected chi connectivity index (χ2v) is 11.1. The second-order valence-electron chi connectivity index (χ2n) is 8.93. The van der Waals surface area contributed by atoms with Crippen molar-refractivity contribution in [2.24, 2.45) is 0 Å². The number of thiophene rings is 2. The summed E-state index contributed by atoms with van der Waals surface area (Å²) < 4.78 is 2.32. The predicted octanol–water partition coefficient (Wildman–Crippen LogP) is 9.05. The summed E-state index contributed by atoms with van der Waals surface area (Å²) in [6.45, 7) is 0. The molecule has 6 aromatic rings. The first-order valence-corrected chi connectivity index (χ1v) is 13.6. The standard InChI is InChI=1S/C32H19NO2S2/c34-31-25-13-7-8-14-26(25)32(35)27(31)19-24-15-20-16-29-21(17-28(20)36-24)18-30(37-29)33(22-9-3-1-4-10-22)23-11-5-2-6-12-23/h1-19H. The molecule has 2 heterocycles. The molecule has 1 aliphatic rings. The van der Waals surface area contributed by atoms with E-state index >= 15 is 0 Å². The van der Waals surface area contributed by atoms with Crippen LogP contribution < -0.4 is 4.90 Å². The van der Waals surface area contributed by atoms with Crippen LogP contribution in [-0.4, -0.2) is 11.6 Å². The number of carbonyl (C=O) groups excluding carboxylic acids is 2. The van der Waals surface area contributed by atoms with Gasteiger partial charge < -0.3 is 4.90 Å². The average molecular weight is 514 g/mol. The van der Waals surface area contributed by atoms with Crippen LogP contribution >= 0.6 is 22.7 Å². The van der Waals surface area contributed by atoms with Crippen LogP contribution in [0, 0.1) is 0 Å². The summed E-state index contributed by atoms with van der Waals surface area (Å²) in [5, 5.41) is 3.43. The molecule has 0 aliphatic heterocycles. The number of hydrogen-bond acceptors (Lipinski definition) is 5. The van der Waals surface area contributed by atoms with Gasteiger partial charge in [-0.25, -0.2) is 0 Å². The van der Waals surface area contributed by atoms with Crippen LogP contribution in [0.3, 0.4) is 0 Å². The third-order valence-corrected chi connectivity index (χ3v) is 8.73. The SMILES string of the molecule is O=C1C(=Cc2cc3cc4sc(N(c5ccccc5)c5ccccc5)cc4cc3s2)C(=O)c2ccccc21. The predicted molar refractivity (Wildman–Crippen MR) is 155 cm³/mol. The lowest BCUT2D eigenvalue weighted by atomic mass is 10.1. The molecule has 4 aromatic carbocycles. The Morgan fingerprint density at radius 3 is 1.68 bits per heavy atom.